The Morgan fingerprint density at radius 2 is 2.03 bits per heavy atom. The summed E-state index contributed by atoms with van der Waals surface area (Å²) in [5, 5.41) is 9.80. The van der Waals surface area contributed by atoms with E-state index in [1.54, 1.807) is 38.7 Å². The maximum Gasteiger partial charge on any atom is 0.407 e. The lowest BCUT2D eigenvalue weighted by Crippen LogP contribution is -2.32. The van der Waals surface area contributed by atoms with Gasteiger partial charge in [0, 0.05) is 30.3 Å². The number of aryl methyl sites for hydroxylation is 1. The number of amides is 2. The van der Waals surface area contributed by atoms with E-state index in [0.29, 0.717) is 11.4 Å². The smallest absolute Gasteiger partial charge is 0.407 e. The topological polar surface area (TPSA) is 88.5 Å². The van der Waals surface area contributed by atoms with Gasteiger partial charge in [0.25, 0.3) is 5.91 Å². The van der Waals surface area contributed by atoms with E-state index < -0.39 is 23.4 Å². The Kier molecular flexibility index (Phi) is 5.88. The molecule has 8 nitrogen and oxygen atoms in total. The third-order valence-corrected chi connectivity index (χ3v) is 4.65. The van der Waals surface area contributed by atoms with Crippen LogP contribution >= 0.6 is 0 Å². The molecule has 0 saturated carbocycles. The number of nitrogens with zero attached hydrogens (tertiary/aromatic N) is 3. The number of ether oxygens (including phenoxy) is 1. The van der Waals surface area contributed by atoms with Crippen LogP contribution in [-0.4, -0.2) is 32.3 Å². The first kappa shape index (κ1) is 22.1. The second-order valence-corrected chi connectivity index (χ2v) is 8.25. The summed E-state index contributed by atoms with van der Waals surface area (Å²) in [7, 11) is 1.78. The second-order valence-electron chi connectivity index (χ2n) is 8.25. The number of aromatic nitrogens is 2. The van der Waals surface area contributed by atoms with Crippen LogP contribution in [0.25, 0.3) is 0 Å². The number of rotatable bonds is 3. The Morgan fingerprint density at radius 3 is 2.68 bits per heavy atom. The van der Waals surface area contributed by atoms with Gasteiger partial charge in [-0.25, -0.2) is 9.18 Å². The lowest BCUT2D eigenvalue weighted by atomic mass is 10.1. The molecule has 0 bridgehead atoms. The molecule has 0 radical (unpaired) electrons. The van der Waals surface area contributed by atoms with Crippen LogP contribution in [0.2, 0.25) is 0 Å². The van der Waals surface area contributed by atoms with E-state index in [4.69, 9.17) is 4.74 Å². The fraction of sp³-hybridized carbons (Fsp3) is 0.318. The number of hydrogen-bond acceptors (Lipinski definition) is 5. The van der Waals surface area contributed by atoms with Crippen molar-refractivity contribution in [2.75, 3.05) is 5.32 Å². The monoisotopic (exact) mass is 427 g/mol. The average Bonchev–Trinajstić information content (AvgIpc) is 2.95. The largest absolute Gasteiger partial charge is 0.444 e. The lowest BCUT2D eigenvalue weighted by Gasteiger charge is -2.23. The second kappa shape index (κ2) is 8.25. The number of anilines is 1. The van der Waals surface area contributed by atoms with Crippen molar-refractivity contribution < 1.29 is 18.7 Å². The molecular formula is C22H26FN5O3. The molecule has 2 aromatic rings. The first-order valence-electron chi connectivity index (χ1n) is 9.69. The number of benzene rings is 1. The summed E-state index contributed by atoms with van der Waals surface area (Å²) in [6, 6.07) is 4.12. The molecule has 0 aliphatic carbocycles. The van der Waals surface area contributed by atoms with Crippen molar-refractivity contribution in [2.24, 2.45) is 7.05 Å². The average molecular weight is 427 g/mol. The molecule has 1 aliphatic heterocycles. The summed E-state index contributed by atoms with van der Waals surface area (Å²) in [5.74, 6) is -0.312. The van der Waals surface area contributed by atoms with E-state index in [2.05, 4.69) is 28.9 Å². The van der Waals surface area contributed by atoms with Gasteiger partial charge < -0.3 is 20.3 Å². The minimum atomic E-state index is -0.651. The number of alkyl carbamates (subject to hydrolysis) is 1. The van der Waals surface area contributed by atoms with Gasteiger partial charge in [-0.3, -0.25) is 9.48 Å². The van der Waals surface area contributed by atoms with Crippen molar-refractivity contribution in [2.45, 2.75) is 39.5 Å². The van der Waals surface area contributed by atoms with Crippen LogP contribution in [-0.2, 0) is 24.9 Å². The van der Waals surface area contributed by atoms with E-state index >= 15 is 0 Å². The Labute approximate surface area is 180 Å². The Bertz CT molecular complexity index is 1070. The van der Waals surface area contributed by atoms with Gasteiger partial charge in [0.1, 0.15) is 17.2 Å². The highest BCUT2D eigenvalue weighted by molar-refractivity contribution is 5.96. The predicted octanol–water partition coefficient (Wildman–Crippen LogP) is 3.68. The minimum absolute atomic E-state index is 0.0641. The van der Waals surface area contributed by atoms with E-state index in [1.165, 1.54) is 17.0 Å². The first-order chi connectivity index (χ1) is 14.5. The lowest BCUT2D eigenvalue weighted by molar-refractivity contribution is 0.0522. The number of halogens is 1. The van der Waals surface area contributed by atoms with Crippen molar-refractivity contribution in [3.63, 3.8) is 0 Å². The third-order valence-electron chi connectivity index (χ3n) is 4.65. The number of nitrogens with one attached hydrogen (secondary N) is 2. The molecule has 31 heavy (non-hydrogen) atoms. The highest BCUT2D eigenvalue weighted by Gasteiger charge is 2.27. The summed E-state index contributed by atoms with van der Waals surface area (Å²) in [6.45, 7) is 13.3. The summed E-state index contributed by atoms with van der Waals surface area (Å²) < 4.78 is 21.4. The molecule has 0 spiro atoms. The molecule has 0 fully saturated rings. The highest BCUT2D eigenvalue weighted by atomic mass is 19.1. The van der Waals surface area contributed by atoms with Gasteiger partial charge in [-0.15, -0.1) is 0 Å². The van der Waals surface area contributed by atoms with Crippen LogP contribution in [0.4, 0.5) is 15.0 Å². The van der Waals surface area contributed by atoms with Crippen molar-refractivity contribution >= 4 is 17.8 Å². The van der Waals surface area contributed by atoms with Crippen LogP contribution in [0, 0.1) is 5.82 Å². The maximum atomic E-state index is 14.6. The van der Waals surface area contributed by atoms with Crippen molar-refractivity contribution in [1.82, 2.24) is 20.0 Å². The maximum absolute atomic E-state index is 14.6. The fourth-order valence-corrected chi connectivity index (χ4v) is 3.06. The van der Waals surface area contributed by atoms with Gasteiger partial charge in [0.15, 0.2) is 0 Å². The van der Waals surface area contributed by atoms with Crippen LogP contribution in [0.3, 0.4) is 0 Å². The number of carbonyl (C=O) groups excluding carboxylic acids is 2. The molecule has 0 atom stereocenters. The van der Waals surface area contributed by atoms with E-state index in [-0.39, 0.29) is 24.2 Å². The van der Waals surface area contributed by atoms with Crippen molar-refractivity contribution in [3.8, 4) is 0 Å². The number of carbonyl (C=O) groups is 2. The summed E-state index contributed by atoms with van der Waals surface area (Å²) in [5.41, 5.74) is 1.36. The zero-order chi connectivity index (χ0) is 22.9. The quantitative estimate of drug-likeness (QED) is 0.780. The van der Waals surface area contributed by atoms with Crippen LogP contribution in [0.5, 0.6) is 0 Å². The molecule has 3 rings (SSSR count). The fourth-order valence-electron chi connectivity index (χ4n) is 3.06. The first-order valence-corrected chi connectivity index (χ1v) is 9.69. The molecule has 164 valence electrons. The van der Waals surface area contributed by atoms with Gasteiger partial charge in [-0.1, -0.05) is 19.2 Å². The molecule has 0 saturated heterocycles. The van der Waals surface area contributed by atoms with Gasteiger partial charge in [0.05, 0.1) is 24.1 Å². The van der Waals surface area contributed by atoms with E-state index in [1.807, 2.05) is 0 Å². The number of hydrogen-bond donors (Lipinski definition) is 2. The zero-order valence-electron chi connectivity index (χ0n) is 18.1. The standard InChI is InChI=1S/C22H26FN5O3/c1-13-14(2)28(12-17-11-25-27(6)19(17)26-13)20(29)15-7-8-16(18(23)9-15)10-24-21(30)31-22(3,4)5/h7-9,11,26H,1-2,10,12H2,3-6H3,(H,24,30). The molecule has 0 unspecified atom stereocenters. The number of fused-ring (bicyclic) bond motifs is 1. The summed E-state index contributed by atoms with van der Waals surface area (Å²) in [4.78, 5) is 26.3. The molecule has 1 aliphatic rings. The van der Waals surface area contributed by atoms with Gasteiger partial charge in [-0.05, 0) is 32.9 Å². The Morgan fingerprint density at radius 1 is 1.32 bits per heavy atom. The molecule has 2 heterocycles. The van der Waals surface area contributed by atoms with Gasteiger partial charge in [0.2, 0.25) is 0 Å². The Hall–Kier alpha value is -3.62. The molecule has 2 amide bonds. The van der Waals surface area contributed by atoms with Crippen LogP contribution in [0.1, 0.15) is 42.3 Å². The predicted molar refractivity (Wildman–Crippen MR) is 114 cm³/mol. The van der Waals surface area contributed by atoms with Crippen molar-refractivity contribution in [1.29, 1.82) is 0 Å². The molecule has 2 N–H and O–H groups in total. The zero-order valence-corrected chi connectivity index (χ0v) is 18.1. The van der Waals surface area contributed by atoms with Crippen molar-refractivity contribution in [3.05, 3.63) is 71.5 Å². The summed E-state index contributed by atoms with van der Waals surface area (Å²) in [6.07, 6.45) is 1.01. The van der Waals surface area contributed by atoms with E-state index in [0.717, 1.165) is 17.4 Å². The van der Waals surface area contributed by atoms with Crippen LogP contribution in [0.15, 0.2) is 48.9 Å². The minimum Gasteiger partial charge on any atom is -0.444 e. The highest BCUT2D eigenvalue weighted by Crippen LogP contribution is 2.29. The third kappa shape index (κ3) is 4.93. The molecule has 9 heteroatoms. The molecule has 1 aromatic carbocycles. The van der Waals surface area contributed by atoms with Crippen LogP contribution < -0.4 is 10.6 Å². The van der Waals surface area contributed by atoms with Gasteiger partial charge in [-0.2, -0.15) is 5.10 Å². The van der Waals surface area contributed by atoms with E-state index in [9.17, 15) is 14.0 Å². The SMILES string of the molecule is C=C1Nc2c(cnn2C)CN(C(=O)c2ccc(CNC(=O)OC(C)(C)C)c(F)c2)C1=C. The normalized spacial score (nSPS) is 13.9. The molecular weight excluding hydrogens is 401 g/mol. The molecule has 1 aromatic heterocycles. The van der Waals surface area contributed by atoms with Gasteiger partial charge >= 0.3 is 6.09 Å². The Balaban J connectivity index is 1.76. The summed E-state index contributed by atoms with van der Waals surface area (Å²) >= 11 is 0.